The van der Waals surface area contributed by atoms with E-state index in [2.05, 4.69) is 10.6 Å². The van der Waals surface area contributed by atoms with Crippen LogP contribution in [0.2, 0.25) is 0 Å². The summed E-state index contributed by atoms with van der Waals surface area (Å²) in [6.07, 6.45) is 2.07. The lowest BCUT2D eigenvalue weighted by molar-refractivity contribution is -0.142. The molecule has 110 valence electrons. The van der Waals surface area contributed by atoms with E-state index < -0.39 is 36.5 Å². The summed E-state index contributed by atoms with van der Waals surface area (Å²) in [7, 11) is 0. The van der Waals surface area contributed by atoms with Gasteiger partial charge in [-0.15, -0.1) is 0 Å². The Hall–Kier alpha value is -1.32. The van der Waals surface area contributed by atoms with Crippen LogP contribution in [0.4, 0.5) is 0 Å². The van der Waals surface area contributed by atoms with Crippen LogP contribution >= 0.6 is 11.8 Å². The molecule has 6 N–H and O–H groups in total. The highest BCUT2D eigenvalue weighted by Crippen LogP contribution is 2.01. The molecule has 0 aliphatic carbocycles. The average molecular weight is 293 g/mol. The molecule has 0 bridgehead atoms. The standard InChI is InChI=1S/C10H19N3O5S/c1-19-3-2-6(10(17)18)13-9(16)7(5-14)12-8(15)4-11/h6-7,14H,2-5,11H2,1H3,(H,12,15)(H,13,16)(H,17,18)/t6-,7-/m0/s1. The number of amides is 2. The minimum absolute atomic E-state index is 0.255. The summed E-state index contributed by atoms with van der Waals surface area (Å²) in [6, 6.07) is -2.25. The fraction of sp³-hybridized carbons (Fsp3) is 0.700. The van der Waals surface area contributed by atoms with Crippen molar-refractivity contribution in [1.29, 1.82) is 0 Å². The number of aliphatic hydroxyl groups excluding tert-OH is 1. The molecule has 0 aliphatic rings. The van der Waals surface area contributed by atoms with Crippen LogP contribution in [0.25, 0.3) is 0 Å². The Morgan fingerprint density at radius 3 is 2.32 bits per heavy atom. The number of hydrogen-bond donors (Lipinski definition) is 5. The lowest BCUT2D eigenvalue weighted by atomic mass is 10.2. The van der Waals surface area contributed by atoms with E-state index in [9.17, 15) is 14.4 Å². The second kappa shape index (κ2) is 9.59. The molecule has 0 rings (SSSR count). The largest absolute Gasteiger partial charge is 0.480 e. The van der Waals surface area contributed by atoms with Crippen molar-refractivity contribution in [3.63, 3.8) is 0 Å². The first-order chi connectivity index (χ1) is 8.96. The number of carbonyl (C=O) groups excluding carboxylic acids is 2. The summed E-state index contributed by atoms with van der Waals surface area (Å²) in [5, 5.41) is 22.4. The number of thioether (sulfide) groups is 1. The zero-order valence-corrected chi connectivity index (χ0v) is 11.4. The minimum atomic E-state index is -1.20. The molecule has 0 saturated heterocycles. The number of hydrogen-bond acceptors (Lipinski definition) is 6. The first-order valence-electron chi connectivity index (χ1n) is 5.58. The van der Waals surface area contributed by atoms with Crippen molar-refractivity contribution >= 4 is 29.5 Å². The van der Waals surface area contributed by atoms with Crippen molar-refractivity contribution in [3.8, 4) is 0 Å². The first-order valence-corrected chi connectivity index (χ1v) is 6.98. The number of aliphatic carboxylic acids is 1. The Bertz CT molecular complexity index is 326. The Kier molecular flexibility index (Phi) is 8.92. The van der Waals surface area contributed by atoms with E-state index in [-0.39, 0.29) is 13.0 Å². The molecule has 0 radical (unpaired) electrons. The van der Waals surface area contributed by atoms with E-state index in [1.54, 1.807) is 0 Å². The molecule has 2 amide bonds. The molecule has 0 fully saturated rings. The molecule has 19 heavy (non-hydrogen) atoms. The van der Waals surface area contributed by atoms with E-state index in [1.807, 2.05) is 6.26 Å². The number of carboxylic acids is 1. The molecule has 0 spiro atoms. The van der Waals surface area contributed by atoms with Crippen LogP contribution in [0.3, 0.4) is 0 Å². The minimum Gasteiger partial charge on any atom is -0.480 e. The van der Waals surface area contributed by atoms with Gasteiger partial charge in [0.25, 0.3) is 0 Å². The molecular formula is C10H19N3O5S. The lowest BCUT2D eigenvalue weighted by Gasteiger charge is -2.19. The highest BCUT2D eigenvalue weighted by molar-refractivity contribution is 7.98. The van der Waals surface area contributed by atoms with Crippen molar-refractivity contribution in [2.24, 2.45) is 5.73 Å². The Balaban J connectivity index is 4.50. The Morgan fingerprint density at radius 1 is 1.26 bits per heavy atom. The van der Waals surface area contributed by atoms with E-state index in [0.29, 0.717) is 5.75 Å². The molecule has 0 aliphatic heterocycles. The summed E-state index contributed by atoms with van der Waals surface area (Å²) in [5.41, 5.74) is 5.07. The van der Waals surface area contributed by atoms with Crippen LogP contribution in [0.15, 0.2) is 0 Å². The van der Waals surface area contributed by atoms with Crippen molar-refractivity contribution in [1.82, 2.24) is 10.6 Å². The van der Waals surface area contributed by atoms with Crippen molar-refractivity contribution in [3.05, 3.63) is 0 Å². The maximum Gasteiger partial charge on any atom is 0.326 e. The van der Waals surface area contributed by atoms with Crippen molar-refractivity contribution in [2.45, 2.75) is 18.5 Å². The van der Waals surface area contributed by atoms with E-state index in [4.69, 9.17) is 15.9 Å². The summed E-state index contributed by atoms with van der Waals surface area (Å²) in [4.78, 5) is 33.7. The zero-order chi connectivity index (χ0) is 14.8. The molecule has 2 atom stereocenters. The monoisotopic (exact) mass is 293 g/mol. The van der Waals surface area contributed by atoms with Gasteiger partial charge in [0.15, 0.2) is 0 Å². The van der Waals surface area contributed by atoms with Gasteiger partial charge in [-0.3, -0.25) is 9.59 Å². The predicted octanol–water partition coefficient (Wildman–Crippen LogP) is -2.26. The number of nitrogens with one attached hydrogen (secondary N) is 2. The fourth-order valence-corrected chi connectivity index (χ4v) is 1.68. The number of carbonyl (C=O) groups is 3. The van der Waals surface area contributed by atoms with Gasteiger partial charge in [-0.1, -0.05) is 0 Å². The number of aliphatic hydroxyl groups is 1. The van der Waals surface area contributed by atoms with Gasteiger partial charge in [-0.2, -0.15) is 11.8 Å². The molecule has 0 aromatic heterocycles. The van der Waals surface area contributed by atoms with Gasteiger partial charge in [0.2, 0.25) is 11.8 Å². The third-order valence-electron chi connectivity index (χ3n) is 2.24. The van der Waals surface area contributed by atoms with Gasteiger partial charge in [0.05, 0.1) is 13.2 Å². The van der Waals surface area contributed by atoms with Gasteiger partial charge in [0.1, 0.15) is 12.1 Å². The van der Waals surface area contributed by atoms with Crippen molar-refractivity contribution in [2.75, 3.05) is 25.2 Å². The number of rotatable bonds is 9. The van der Waals surface area contributed by atoms with Gasteiger partial charge in [-0.05, 0) is 18.4 Å². The van der Waals surface area contributed by atoms with Crippen molar-refractivity contribution < 1.29 is 24.6 Å². The molecular weight excluding hydrogens is 274 g/mol. The van der Waals surface area contributed by atoms with Gasteiger partial charge in [0, 0.05) is 0 Å². The fourth-order valence-electron chi connectivity index (χ4n) is 1.21. The van der Waals surface area contributed by atoms with E-state index in [0.717, 1.165) is 0 Å². The SMILES string of the molecule is CSCC[C@H](NC(=O)[C@H](CO)NC(=O)CN)C(=O)O. The second-order valence-electron chi connectivity index (χ2n) is 3.69. The molecule has 0 unspecified atom stereocenters. The van der Waals surface area contributed by atoms with E-state index in [1.165, 1.54) is 11.8 Å². The summed E-state index contributed by atoms with van der Waals surface area (Å²) in [6.45, 7) is -0.953. The number of carboxylic acid groups (broad SMARTS) is 1. The van der Waals surface area contributed by atoms with Gasteiger partial charge in [-0.25, -0.2) is 4.79 Å². The summed E-state index contributed by atoms with van der Waals surface area (Å²) in [5.74, 6) is -1.96. The molecule has 9 heteroatoms. The molecule has 8 nitrogen and oxygen atoms in total. The van der Waals surface area contributed by atoms with E-state index >= 15 is 0 Å². The molecule has 0 aromatic carbocycles. The average Bonchev–Trinajstić information content (AvgIpc) is 2.39. The molecule has 0 aromatic rings. The maximum atomic E-state index is 11.7. The lowest BCUT2D eigenvalue weighted by Crippen LogP contribution is -2.54. The van der Waals surface area contributed by atoms with Crippen LogP contribution < -0.4 is 16.4 Å². The molecule has 0 heterocycles. The van der Waals surface area contributed by atoms with Crippen LogP contribution in [0, 0.1) is 0 Å². The van der Waals surface area contributed by atoms with Gasteiger partial charge < -0.3 is 26.6 Å². The predicted molar refractivity (Wildman–Crippen MR) is 70.6 cm³/mol. The normalized spacial score (nSPS) is 13.4. The smallest absolute Gasteiger partial charge is 0.326 e. The first kappa shape index (κ1) is 17.7. The summed E-state index contributed by atoms with van der Waals surface area (Å²) < 4.78 is 0. The Labute approximate surface area is 115 Å². The van der Waals surface area contributed by atoms with Crippen LogP contribution in [-0.4, -0.2) is 65.2 Å². The third kappa shape index (κ3) is 6.99. The maximum absolute atomic E-state index is 11.7. The topological polar surface area (TPSA) is 142 Å². The number of nitrogens with two attached hydrogens (primary N) is 1. The van der Waals surface area contributed by atoms with Crippen LogP contribution in [0.1, 0.15) is 6.42 Å². The second-order valence-corrected chi connectivity index (χ2v) is 4.67. The molecule has 0 saturated carbocycles. The third-order valence-corrected chi connectivity index (χ3v) is 2.89. The van der Waals surface area contributed by atoms with Gasteiger partial charge >= 0.3 is 5.97 Å². The zero-order valence-electron chi connectivity index (χ0n) is 10.6. The summed E-state index contributed by atoms with van der Waals surface area (Å²) >= 11 is 1.45. The quantitative estimate of drug-likeness (QED) is 0.323. The Morgan fingerprint density at radius 2 is 1.89 bits per heavy atom. The highest BCUT2D eigenvalue weighted by atomic mass is 32.2. The van der Waals surface area contributed by atoms with Crippen LogP contribution in [-0.2, 0) is 14.4 Å². The van der Waals surface area contributed by atoms with Crippen LogP contribution in [0.5, 0.6) is 0 Å². The highest BCUT2D eigenvalue weighted by Gasteiger charge is 2.25.